The molecule has 3 heterocycles. The van der Waals surface area contributed by atoms with E-state index in [1.54, 1.807) is 6.07 Å². The summed E-state index contributed by atoms with van der Waals surface area (Å²) >= 11 is 0. The summed E-state index contributed by atoms with van der Waals surface area (Å²) in [5, 5.41) is 15.7. The summed E-state index contributed by atoms with van der Waals surface area (Å²) in [6, 6.07) is 43.4. The first-order valence-electron chi connectivity index (χ1n) is 17.1. The van der Waals surface area contributed by atoms with Crippen molar-refractivity contribution >= 4 is 40.5 Å². The predicted molar refractivity (Wildman–Crippen MR) is 208 cm³/mol. The van der Waals surface area contributed by atoms with E-state index in [9.17, 15) is 5.11 Å². The van der Waals surface area contributed by atoms with E-state index in [4.69, 9.17) is 9.97 Å². The number of fused-ring (bicyclic) bond motifs is 3. The van der Waals surface area contributed by atoms with Crippen molar-refractivity contribution in [3.8, 4) is 34.0 Å². The maximum Gasteiger partial charge on any atom is 0.146 e. The second-order valence-corrected chi connectivity index (χ2v) is 20.0. The molecule has 0 unspecified atom stereocenters. The van der Waals surface area contributed by atoms with Gasteiger partial charge in [0.15, 0.2) is 0 Å². The van der Waals surface area contributed by atoms with Crippen LogP contribution in [0.3, 0.4) is 0 Å². The van der Waals surface area contributed by atoms with Crippen LogP contribution >= 0.6 is 0 Å². The molecule has 0 spiro atoms. The van der Waals surface area contributed by atoms with Gasteiger partial charge in [-0.15, -0.1) is 0 Å². The first-order valence-corrected chi connectivity index (χ1v) is 20.1. The Hall–Kier alpha value is -4.31. The summed E-state index contributed by atoms with van der Waals surface area (Å²) in [4.78, 5) is 11.1. The van der Waals surface area contributed by atoms with Gasteiger partial charge in [-0.25, -0.2) is 4.98 Å². The monoisotopic (exact) mass is 853 g/mol. The van der Waals surface area contributed by atoms with Gasteiger partial charge in [-0.1, -0.05) is 103 Å². The molecular formula is C44H44N3OPtSi-. The Morgan fingerprint density at radius 3 is 2.04 bits per heavy atom. The van der Waals surface area contributed by atoms with Crippen LogP contribution in [0.2, 0.25) is 13.1 Å². The summed E-state index contributed by atoms with van der Waals surface area (Å²) in [5.41, 5.74) is 8.61. The summed E-state index contributed by atoms with van der Waals surface area (Å²) in [5.74, 6) is 0.211. The van der Waals surface area contributed by atoms with Gasteiger partial charge in [0.05, 0.1) is 22.6 Å². The number of phenolic OH excluding ortho intramolecular Hbond substituents is 1. The van der Waals surface area contributed by atoms with Crippen LogP contribution < -0.4 is 10.5 Å². The molecule has 0 aliphatic heterocycles. The van der Waals surface area contributed by atoms with Crippen LogP contribution in [0.1, 0.15) is 52.7 Å². The minimum absolute atomic E-state index is 0. The van der Waals surface area contributed by atoms with E-state index in [2.05, 4.69) is 144 Å². The number of pyridine rings is 2. The average molecular weight is 854 g/mol. The smallest absolute Gasteiger partial charge is 0.146 e. The molecule has 0 radical (unpaired) electrons. The average Bonchev–Trinajstić information content (AvgIpc) is 3.40. The van der Waals surface area contributed by atoms with E-state index in [-0.39, 0.29) is 37.6 Å². The van der Waals surface area contributed by atoms with Crippen molar-refractivity contribution < 1.29 is 26.2 Å². The number of phenols is 1. The fourth-order valence-corrected chi connectivity index (χ4v) is 8.90. The largest absolute Gasteiger partial charge is 0.506 e. The number of hydrogen-bond acceptors (Lipinski definition) is 3. The van der Waals surface area contributed by atoms with Crippen LogP contribution in [0.5, 0.6) is 5.75 Å². The Morgan fingerprint density at radius 1 is 0.680 bits per heavy atom. The van der Waals surface area contributed by atoms with Crippen LogP contribution in [0.15, 0.2) is 115 Å². The normalized spacial score (nSPS) is 12.3. The second kappa shape index (κ2) is 13.1. The first-order chi connectivity index (χ1) is 23.2. The van der Waals surface area contributed by atoms with Crippen molar-refractivity contribution in [3.63, 3.8) is 0 Å². The standard InChI is InChI=1S/C44H44N3OSi.Pt/c1-43(2,3)31-23-24-37-33(27-31)34-28-35(44(4,5)6)41(46-42(34)47(37)38-21-15-16-22-39(38)48)36-25-30(29-17-11-9-12-18-29)26-40(45-36)49(7,8)32-19-13-10-14-20-32;/h9-19,21-28,48H,1-8H3;/q-1;. The van der Waals surface area contributed by atoms with Gasteiger partial charge in [0.25, 0.3) is 0 Å². The number of rotatable bonds is 5. The zero-order valence-corrected chi connectivity index (χ0v) is 33.3. The van der Waals surface area contributed by atoms with Crippen LogP contribution in [-0.4, -0.2) is 27.7 Å². The molecule has 0 saturated carbocycles. The Kier molecular flexibility index (Phi) is 9.30. The molecule has 7 aromatic rings. The molecule has 4 nitrogen and oxygen atoms in total. The molecule has 0 fully saturated rings. The Balaban J connectivity index is 0.00000432. The Morgan fingerprint density at radius 2 is 1.38 bits per heavy atom. The van der Waals surface area contributed by atoms with Crippen LogP contribution in [0.4, 0.5) is 0 Å². The van der Waals surface area contributed by atoms with E-state index in [0.29, 0.717) is 5.69 Å². The third kappa shape index (κ3) is 6.38. The fourth-order valence-electron chi connectivity index (χ4n) is 6.75. The van der Waals surface area contributed by atoms with Crippen molar-refractivity contribution in [2.75, 3.05) is 0 Å². The molecule has 50 heavy (non-hydrogen) atoms. The maximum atomic E-state index is 11.2. The first kappa shape index (κ1) is 35.5. The number of hydrogen-bond donors (Lipinski definition) is 1. The van der Waals surface area contributed by atoms with E-state index < -0.39 is 8.07 Å². The zero-order chi connectivity index (χ0) is 34.7. The Labute approximate surface area is 311 Å². The quantitative estimate of drug-likeness (QED) is 0.139. The van der Waals surface area contributed by atoms with Crippen molar-refractivity contribution in [2.24, 2.45) is 0 Å². The van der Waals surface area contributed by atoms with Gasteiger partial charge >= 0.3 is 0 Å². The molecule has 0 bridgehead atoms. The van der Waals surface area contributed by atoms with E-state index in [0.717, 1.165) is 55.3 Å². The molecule has 256 valence electrons. The Bertz CT molecular complexity index is 2330. The molecule has 3 aromatic heterocycles. The third-order valence-electron chi connectivity index (χ3n) is 9.74. The molecule has 7 rings (SSSR count). The molecule has 0 amide bonds. The van der Waals surface area contributed by atoms with Gasteiger partial charge in [-0.2, -0.15) is 35.5 Å². The van der Waals surface area contributed by atoms with E-state index >= 15 is 0 Å². The summed E-state index contributed by atoms with van der Waals surface area (Å²) < 4.78 is 2.11. The number of para-hydroxylation sites is 2. The number of aromatic nitrogens is 3. The molecule has 4 aromatic carbocycles. The number of benzene rings is 4. The topological polar surface area (TPSA) is 50.9 Å². The van der Waals surface area contributed by atoms with Crippen LogP contribution in [0, 0.1) is 6.07 Å². The van der Waals surface area contributed by atoms with Crippen LogP contribution in [0.25, 0.3) is 50.1 Å². The maximum absolute atomic E-state index is 11.2. The molecular weight excluding hydrogens is 810 g/mol. The van der Waals surface area contributed by atoms with Gasteiger partial charge < -0.3 is 5.11 Å². The minimum Gasteiger partial charge on any atom is -0.506 e. The van der Waals surface area contributed by atoms with E-state index in [1.165, 1.54) is 10.8 Å². The van der Waals surface area contributed by atoms with Crippen LogP contribution in [-0.2, 0) is 31.9 Å². The summed E-state index contributed by atoms with van der Waals surface area (Å²) in [7, 11) is -2.26. The molecule has 0 saturated heterocycles. The van der Waals surface area contributed by atoms with Gasteiger partial charge in [-0.05, 0) is 75.5 Å². The van der Waals surface area contributed by atoms with Gasteiger partial charge in [0.1, 0.15) is 19.5 Å². The summed E-state index contributed by atoms with van der Waals surface area (Å²) in [6.07, 6.45) is 0. The molecule has 0 atom stereocenters. The predicted octanol–water partition coefficient (Wildman–Crippen LogP) is 9.83. The number of aromatic hydroxyl groups is 1. The van der Waals surface area contributed by atoms with E-state index in [1.807, 2.05) is 30.3 Å². The van der Waals surface area contributed by atoms with Gasteiger partial charge in [0.2, 0.25) is 0 Å². The SMILES string of the molecule is CC(C)(C)c1ccc2c(c1)c1cc(C(C)(C)C)c(-c3cc(-c4ccccc4)cc([Si](C)(C)c4[c-]cccc4)n3)nc1n2-c1ccccc1O.[Pt]. The molecule has 6 heteroatoms. The molecule has 0 aliphatic carbocycles. The van der Waals surface area contributed by atoms with Gasteiger partial charge in [0, 0.05) is 37.2 Å². The second-order valence-electron chi connectivity index (χ2n) is 15.7. The summed E-state index contributed by atoms with van der Waals surface area (Å²) in [6.45, 7) is 18.2. The fraction of sp³-hybridized carbons (Fsp3) is 0.227. The van der Waals surface area contributed by atoms with Crippen molar-refractivity contribution in [1.82, 2.24) is 14.5 Å². The molecule has 1 N–H and O–H groups in total. The minimum atomic E-state index is -2.26. The van der Waals surface area contributed by atoms with Gasteiger partial charge in [-0.3, -0.25) is 9.55 Å². The van der Waals surface area contributed by atoms with Crippen molar-refractivity contribution in [2.45, 2.75) is 65.5 Å². The molecule has 0 aliphatic rings. The van der Waals surface area contributed by atoms with Crippen molar-refractivity contribution in [3.05, 3.63) is 132 Å². The third-order valence-corrected chi connectivity index (χ3v) is 12.9. The van der Waals surface area contributed by atoms with Crippen molar-refractivity contribution in [1.29, 1.82) is 0 Å². The zero-order valence-electron chi connectivity index (χ0n) is 30.1. The number of nitrogens with zero attached hydrogens (tertiary/aromatic N) is 3.